The van der Waals surface area contributed by atoms with Gasteiger partial charge in [-0.3, -0.25) is 0 Å². The van der Waals surface area contributed by atoms with Gasteiger partial charge in [0.1, 0.15) is 22.9 Å². The lowest BCUT2D eigenvalue weighted by Crippen LogP contribution is -2.34. The van der Waals surface area contributed by atoms with Crippen LogP contribution in [0.4, 0.5) is 8.78 Å². The van der Waals surface area contributed by atoms with E-state index in [2.05, 4.69) is 10.1 Å². The number of furan rings is 1. The van der Waals surface area contributed by atoms with Crippen LogP contribution in [0.15, 0.2) is 40.8 Å². The molecule has 1 unspecified atom stereocenters. The van der Waals surface area contributed by atoms with Crippen molar-refractivity contribution in [1.82, 2.24) is 5.32 Å². The van der Waals surface area contributed by atoms with Gasteiger partial charge in [0.25, 0.3) is 0 Å². The Morgan fingerprint density at radius 2 is 1.91 bits per heavy atom. The van der Waals surface area contributed by atoms with Crippen molar-refractivity contribution in [3.63, 3.8) is 0 Å². The monoisotopic (exact) mass is 311 g/mol. The Balaban J connectivity index is 1.85. The van der Waals surface area contributed by atoms with Gasteiger partial charge in [-0.15, -0.1) is 0 Å². The van der Waals surface area contributed by atoms with E-state index in [1.807, 2.05) is 6.92 Å². The fraction of sp³-hybridized carbons (Fsp3) is 0.375. The molecule has 2 rings (SSSR count). The van der Waals surface area contributed by atoms with Crippen LogP contribution in [0, 0.1) is 6.92 Å². The second kappa shape index (κ2) is 6.89. The Kier molecular flexibility index (Phi) is 5.15. The Hall–Kier alpha value is -1.92. The van der Waals surface area contributed by atoms with E-state index >= 15 is 0 Å². The van der Waals surface area contributed by atoms with Crippen LogP contribution < -0.4 is 10.1 Å². The number of halogens is 2. The lowest BCUT2D eigenvalue weighted by Gasteiger charge is -2.21. The highest BCUT2D eigenvalue weighted by Crippen LogP contribution is 2.22. The molecule has 4 nitrogen and oxygen atoms in total. The van der Waals surface area contributed by atoms with Crippen molar-refractivity contribution >= 4 is 0 Å². The molecule has 22 heavy (non-hydrogen) atoms. The predicted molar refractivity (Wildman–Crippen MR) is 77.8 cm³/mol. The van der Waals surface area contributed by atoms with Crippen LogP contribution in [0.3, 0.4) is 0 Å². The second-order valence-electron chi connectivity index (χ2n) is 5.31. The summed E-state index contributed by atoms with van der Waals surface area (Å²) in [5.41, 5.74) is -0.222. The summed E-state index contributed by atoms with van der Waals surface area (Å²) in [6, 6.07) is 9.89. The van der Waals surface area contributed by atoms with Crippen LogP contribution in [-0.2, 0) is 12.1 Å². The van der Waals surface area contributed by atoms with Crippen molar-refractivity contribution in [2.24, 2.45) is 0 Å². The van der Waals surface area contributed by atoms with Crippen LogP contribution in [0.5, 0.6) is 5.75 Å². The average molecular weight is 311 g/mol. The molecule has 1 aromatic heterocycles. The van der Waals surface area contributed by atoms with Gasteiger partial charge in [0, 0.05) is 13.1 Å². The number of ether oxygens (including phenoxy) is 1. The van der Waals surface area contributed by atoms with E-state index in [1.165, 1.54) is 12.1 Å². The quantitative estimate of drug-likeness (QED) is 0.824. The van der Waals surface area contributed by atoms with Gasteiger partial charge in [-0.05, 0) is 43.7 Å². The van der Waals surface area contributed by atoms with Gasteiger partial charge in [0.05, 0.1) is 0 Å². The summed E-state index contributed by atoms with van der Waals surface area (Å²) < 4.78 is 33.8. The van der Waals surface area contributed by atoms with Gasteiger partial charge < -0.3 is 19.6 Å². The molecule has 0 saturated carbocycles. The standard InChI is InChI=1S/C16H19F2NO3/c1-11-3-8-14(21-11)16(2,20)10-19-9-12-4-6-13(7-5-12)22-15(17)18/h3-8,15,19-20H,9-10H2,1-2H3. The number of aliphatic hydroxyl groups is 1. The lowest BCUT2D eigenvalue weighted by atomic mass is 10.0. The Morgan fingerprint density at radius 1 is 1.23 bits per heavy atom. The molecule has 120 valence electrons. The average Bonchev–Trinajstić information content (AvgIpc) is 2.87. The molecular formula is C16H19F2NO3. The highest BCUT2D eigenvalue weighted by Gasteiger charge is 2.26. The number of hydrogen-bond donors (Lipinski definition) is 2. The van der Waals surface area contributed by atoms with E-state index in [-0.39, 0.29) is 5.75 Å². The van der Waals surface area contributed by atoms with Crippen molar-refractivity contribution in [2.45, 2.75) is 32.6 Å². The number of hydrogen-bond acceptors (Lipinski definition) is 4. The maximum Gasteiger partial charge on any atom is 0.387 e. The van der Waals surface area contributed by atoms with E-state index in [9.17, 15) is 13.9 Å². The SMILES string of the molecule is Cc1ccc(C(C)(O)CNCc2ccc(OC(F)F)cc2)o1. The summed E-state index contributed by atoms with van der Waals surface area (Å²) in [6.45, 7) is 1.45. The molecule has 0 amide bonds. The minimum absolute atomic E-state index is 0.122. The summed E-state index contributed by atoms with van der Waals surface area (Å²) in [7, 11) is 0. The molecule has 1 atom stereocenters. The van der Waals surface area contributed by atoms with Crippen molar-refractivity contribution in [3.8, 4) is 5.75 Å². The zero-order chi connectivity index (χ0) is 16.2. The molecule has 0 saturated heterocycles. The first kappa shape index (κ1) is 16.5. The topological polar surface area (TPSA) is 54.6 Å². The number of benzene rings is 1. The van der Waals surface area contributed by atoms with Crippen LogP contribution >= 0.6 is 0 Å². The smallest absolute Gasteiger partial charge is 0.387 e. The van der Waals surface area contributed by atoms with Crippen LogP contribution in [-0.4, -0.2) is 18.3 Å². The third-order valence-corrected chi connectivity index (χ3v) is 3.22. The van der Waals surface area contributed by atoms with E-state index in [1.54, 1.807) is 31.2 Å². The highest BCUT2D eigenvalue weighted by molar-refractivity contribution is 5.27. The predicted octanol–water partition coefficient (Wildman–Crippen LogP) is 3.19. The molecule has 1 aromatic carbocycles. The lowest BCUT2D eigenvalue weighted by molar-refractivity contribution is -0.0498. The van der Waals surface area contributed by atoms with Crippen molar-refractivity contribution in [1.29, 1.82) is 0 Å². The molecule has 0 aliphatic rings. The van der Waals surface area contributed by atoms with Gasteiger partial charge in [-0.1, -0.05) is 12.1 Å². The van der Waals surface area contributed by atoms with E-state index < -0.39 is 12.2 Å². The van der Waals surface area contributed by atoms with E-state index in [4.69, 9.17) is 4.42 Å². The van der Waals surface area contributed by atoms with Gasteiger partial charge in [0.2, 0.25) is 0 Å². The van der Waals surface area contributed by atoms with E-state index in [0.29, 0.717) is 18.8 Å². The number of aryl methyl sites for hydroxylation is 1. The summed E-state index contributed by atoms with van der Waals surface area (Å²) in [5, 5.41) is 13.5. The van der Waals surface area contributed by atoms with Gasteiger partial charge in [0.15, 0.2) is 0 Å². The van der Waals surface area contributed by atoms with Crippen molar-refractivity contribution < 1.29 is 23.0 Å². The minimum Gasteiger partial charge on any atom is -0.463 e. The Labute approximate surface area is 127 Å². The number of rotatable bonds is 7. The third kappa shape index (κ3) is 4.54. The summed E-state index contributed by atoms with van der Waals surface area (Å²) in [4.78, 5) is 0. The molecule has 0 bridgehead atoms. The first-order valence-electron chi connectivity index (χ1n) is 6.90. The molecule has 0 radical (unpaired) electrons. The Morgan fingerprint density at radius 3 is 2.45 bits per heavy atom. The van der Waals surface area contributed by atoms with Gasteiger partial charge in [-0.2, -0.15) is 8.78 Å². The maximum atomic E-state index is 12.0. The van der Waals surface area contributed by atoms with Crippen LogP contribution in [0.1, 0.15) is 24.0 Å². The van der Waals surface area contributed by atoms with Crippen LogP contribution in [0.2, 0.25) is 0 Å². The summed E-state index contributed by atoms with van der Waals surface area (Å²) in [5.74, 6) is 1.36. The highest BCUT2D eigenvalue weighted by atomic mass is 19.3. The normalized spacial score (nSPS) is 14.1. The largest absolute Gasteiger partial charge is 0.463 e. The van der Waals surface area contributed by atoms with Crippen molar-refractivity contribution in [3.05, 3.63) is 53.5 Å². The fourth-order valence-electron chi connectivity index (χ4n) is 2.05. The number of alkyl halides is 2. The van der Waals surface area contributed by atoms with Gasteiger partial charge in [-0.25, -0.2) is 0 Å². The molecular weight excluding hydrogens is 292 g/mol. The molecule has 0 aliphatic heterocycles. The Bertz CT molecular complexity index is 594. The summed E-state index contributed by atoms with van der Waals surface area (Å²) >= 11 is 0. The third-order valence-electron chi connectivity index (χ3n) is 3.22. The first-order chi connectivity index (χ1) is 10.4. The molecule has 2 aromatic rings. The molecule has 0 aliphatic carbocycles. The van der Waals surface area contributed by atoms with E-state index in [0.717, 1.165) is 11.3 Å². The van der Waals surface area contributed by atoms with Gasteiger partial charge >= 0.3 is 6.61 Å². The molecule has 6 heteroatoms. The van der Waals surface area contributed by atoms with Crippen molar-refractivity contribution in [2.75, 3.05) is 6.54 Å². The molecule has 0 spiro atoms. The summed E-state index contributed by atoms with van der Waals surface area (Å²) in [6.07, 6.45) is 0. The number of nitrogens with one attached hydrogen (secondary N) is 1. The molecule has 2 N–H and O–H groups in total. The van der Waals surface area contributed by atoms with Crippen LogP contribution in [0.25, 0.3) is 0 Å². The second-order valence-corrected chi connectivity index (χ2v) is 5.31. The molecule has 0 fully saturated rings. The zero-order valence-corrected chi connectivity index (χ0v) is 12.5. The maximum absolute atomic E-state index is 12.0. The zero-order valence-electron chi connectivity index (χ0n) is 12.5. The fourth-order valence-corrected chi connectivity index (χ4v) is 2.05. The minimum atomic E-state index is -2.82. The molecule has 1 heterocycles. The first-order valence-corrected chi connectivity index (χ1v) is 6.90.